The molecule has 1 rings (SSSR count). The molecule has 18 heavy (non-hydrogen) atoms. The van der Waals surface area contributed by atoms with Gasteiger partial charge in [0.1, 0.15) is 0 Å². The van der Waals surface area contributed by atoms with Crippen LogP contribution in [0.4, 0.5) is 5.69 Å². The van der Waals surface area contributed by atoms with E-state index in [0.717, 1.165) is 6.42 Å². The van der Waals surface area contributed by atoms with E-state index in [1.807, 2.05) is 6.92 Å². The molecule has 0 amide bonds. The van der Waals surface area contributed by atoms with Crippen LogP contribution < -0.4 is 10.5 Å². The van der Waals surface area contributed by atoms with Gasteiger partial charge in [-0.1, -0.05) is 13.3 Å². The van der Waals surface area contributed by atoms with Gasteiger partial charge in [-0.3, -0.25) is 0 Å². The highest BCUT2D eigenvalue weighted by Crippen LogP contribution is 2.16. The molecule has 102 valence electrons. The normalized spacial score (nSPS) is 13.5. The Morgan fingerprint density at radius 3 is 2.67 bits per heavy atom. The molecule has 1 unspecified atom stereocenters. The number of hydrogen-bond donors (Lipinski definition) is 3. The van der Waals surface area contributed by atoms with E-state index in [-0.39, 0.29) is 11.4 Å². The Balaban J connectivity index is 2.77. The van der Waals surface area contributed by atoms with Crippen LogP contribution in [0.3, 0.4) is 0 Å². The number of nitrogen functional groups attached to an aromatic ring is 1. The van der Waals surface area contributed by atoms with Crippen LogP contribution in [0.5, 0.6) is 0 Å². The lowest BCUT2D eigenvalue weighted by Crippen LogP contribution is -2.32. The van der Waals surface area contributed by atoms with Gasteiger partial charge in [-0.05, 0) is 37.1 Å². The van der Waals surface area contributed by atoms with Crippen molar-refractivity contribution >= 4 is 15.7 Å². The Morgan fingerprint density at radius 1 is 1.44 bits per heavy atom. The highest BCUT2D eigenvalue weighted by molar-refractivity contribution is 7.89. The second-order valence-corrected chi connectivity index (χ2v) is 6.08. The van der Waals surface area contributed by atoms with Crippen molar-refractivity contribution in [2.45, 2.75) is 37.7 Å². The minimum atomic E-state index is -3.58. The zero-order valence-corrected chi connectivity index (χ0v) is 11.5. The largest absolute Gasteiger partial charge is 0.399 e. The van der Waals surface area contributed by atoms with Gasteiger partial charge in [-0.15, -0.1) is 0 Å². The minimum Gasteiger partial charge on any atom is -0.399 e. The molecule has 0 fully saturated rings. The fourth-order valence-corrected chi connectivity index (χ4v) is 2.70. The van der Waals surface area contributed by atoms with E-state index in [1.165, 1.54) is 12.1 Å². The van der Waals surface area contributed by atoms with Gasteiger partial charge < -0.3 is 10.8 Å². The number of aryl methyl sites for hydroxylation is 1. The van der Waals surface area contributed by atoms with Crippen molar-refractivity contribution in [2.24, 2.45) is 0 Å². The van der Waals surface area contributed by atoms with Gasteiger partial charge in [-0.25, -0.2) is 13.1 Å². The van der Waals surface area contributed by atoms with Crippen molar-refractivity contribution in [3.8, 4) is 0 Å². The first-order valence-corrected chi connectivity index (χ1v) is 7.39. The first-order chi connectivity index (χ1) is 8.36. The summed E-state index contributed by atoms with van der Waals surface area (Å²) in [6.07, 6.45) is 0.729. The van der Waals surface area contributed by atoms with E-state index in [4.69, 9.17) is 5.73 Å². The number of benzene rings is 1. The SMILES string of the molecule is CCCC(O)CNS(=O)(=O)c1ccc(N)c(C)c1. The highest BCUT2D eigenvalue weighted by atomic mass is 32.2. The van der Waals surface area contributed by atoms with Gasteiger partial charge >= 0.3 is 0 Å². The maximum Gasteiger partial charge on any atom is 0.240 e. The Labute approximate surface area is 108 Å². The molecule has 0 saturated carbocycles. The molecule has 4 N–H and O–H groups in total. The van der Waals surface area contributed by atoms with Crippen molar-refractivity contribution in [3.63, 3.8) is 0 Å². The average molecular weight is 272 g/mol. The predicted molar refractivity (Wildman–Crippen MR) is 71.7 cm³/mol. The third kappa shape index (κ3) is 3.97. The molecule has 0 aliphatic carbocycles. The van der Waals surface area contributed by atoms with Crippen LogP contribution in [0.1, 0.15) is 25.3 Å². The summed E-state index contributed by atoms with van der Waals surface area (Å²) in [5.74, 6) is 0. The summed E-state index contributed by atoms with van der Waals surface area (Å²) in [6, 6.07) is 4.53. The molecule has 0 aliphatic rings. The van der Waals surface area contributed by atoms with Gasteiger partial charge in [0.15, 0.2) is 0 Å². The van der Waals surface area contributed by atoms with Gasteiger partial charge in [0.25, 0.3) is 0 Å². The Morgan fingerprint density at radius 2 is 2.11 bits per heavy atom. The number of aliphatic hydroxyl groups is 1. The Bertz CT molecular complexity index is 500. The predicted octanol–water partition coefficient (Wildman–Crippen LogP) is 1.02. The van der Waals surface area contributed by atoms with E-state index in [1.54, 1.807) is 13.0 Å². The van der Waals surface area contributed by atoms with E-state index in [9.17, 15) is 13.5 Å². The number of rotatable bonds is 6. The summed E-state index contributed by atoms with van der Waals surface area (Å²) in [5.41, 5.74) is 6.91. The van der Waals surface area contributed by atoms with Crippen LogP contribution in [-0.4, -0.2) is 26.2 Å². The van der Waals surface area contributed by atoms with Crippen LogP contribution in [0, 0.1) is 6.92 Å². The van der Waals surface area contributed by atoms with E-state index in [0.29, 0.717) is 17.7 Å². The topological polar surface area (TPSA) is 92.4 Å². The average Bonchev–Trinajstić information content (AvgIpc) is 2.30. The molecule has 0 heterocycles. The van der Waals surface area contributed by atoms with Crippen molar-refractivity contribution in [1.29, 1.82) is 0 Å². The first kappa shape index (κ1) is 14.9. The quantitative estimate of drug-likeness (QED) is 0.674. The Kier molecular flexibility index (Phi) is 5.13. The molecule has 5 nitrogen and oxygen atoms in total. The Hall–Kier alpha value is -1.11. The minimum absolute atomic E-state index is 0.0274. The van der Waals surface area contributed by atoms with Gasteiger partial charge in [0.2, 0.25) is 10.0 Å². The molecular weight excluding hydrogens is 252 g/mol. The summed E-state index contributed by atoms with van der Waals surface area (Å²) in [7, 11) is -3.58. The summed E-state index contributed by atoms with van der Waals surface area (Å²) in [6.45, 7) is 3.71. The molecule has 1 atom stereocenters. The molecule has 0 aliphatic heterocycles. The van der Waals surface area contributed by atoms with Crippen molar-refractivity contribution in [3.05, 3.63) is 23.8 Å². The van der Waals surface area contributed by atoms with Gasteiger partial charge in [0, 0.05) is 12.2 Å². The fourth-order valence-electron chi connectivity index (χ4n) is 1.54. The lowest BCUT2D eigenvalue weighted by Gasteiger charge is -2.12. The lowest BCUT2D eigenvalue weighted by molar-refractivity contribution is 0.167. The molecule has 0 saturated heterocycles. The summed E-state index contributed by atoms with van der Waals surface area (Å²) < 4.78 is 26.3. The first-order valence-electron chi connectivity index (χ1n) is 5.90. The lowest BCUT2D eigenvalue weighted by atomic mass is 10.2. The highest BCUT2D eigenvalue weighted by Gasteiger charge is 2.16. The van der Waals surface area contributed by atoms with E-state index < -0.39 is 16.1 Å². The summed E-state index contributed by atoms with van der Waals surface area (Å²) in [5, 5.41) is 9.51. The maximum atomic E-state index is 11.9. The molecule has 1 aromatic carbocycles. The van der Waals surface area contributed by atoms with E-state index >= 15 is 0 Å². The third-order valence-electron chi connectivity index (χ3n) is 2.68. The number of sulfonamides is 1. The molecule has 0 aromatic heterocycles. The van der Waals surface area contributed by atoms with Gasteiger partial charge in [-0.2, -0.15) is 0 Å². The van der Waals surface area contributed by atoms with Crippen LogP contribution in [0.2, 0.25) is 0 Å². The standard InChI is InChI=1S/C12H20N2O3S/c1-3-4-10(15)8-14-18(16,17)11-5-6-12(13)9(2)7-11/h5-7,10,14-15H,3-4,8,13H2,1-2H3. The van der Waals surface area contributed by atoms with Crippen LogP contribution in [0.25, 0.3) is 0 Å². The second-order valence-electron chi connectivity index (χ2n) is 4.31. The van der Waals surface area contributed by atoms with Crippen molar-refractivity contribution < 1.29 is 13.5 Å². The maximum absolute atomic E-state index is 11.9. The molecule has 0 spiro atoms. The van der Waals surface area contributed by atoms with Crippen molar-refractivity contribution in [1.82, 2.24) is 4.72 Å². The zero-order valence-electron chi connectivity index (χ0n) is 10.7. The van der Waals surface area contributed by atoms with Crippen LogP contribution in [-0.2, 0) is 10.0 Å². The zero-order chi connectivity index (χ0) is 13.8. The monoisotopic (exact) mass is 272 g/mol. The third-order valence-corrected chi connectivity index (χ3v) is 4.10. The second kappa shape index (κ2) is 6.17. The van der Waals surface area contributed by atoms with Gasteiger partial charge in [0.05, 0.1) is 11.0 Å². The smallest absolute Gasteiger partial charge is 0.240 e. The van der Waals surface area contributed by atoms with Crippen LogP contribution >= 0.6 is 0 Å². The summed E-state index contributed by atoms with van der Waals surface area (Å²) >= 11 is 0. The molecule has 1 aromatic rings. The molecule has 0 bridgehead atoms. The summed E-state index contributed by atoms with van der Waals surface area (Å²) in [4.78, 5) is 0.165. The number of hydrogen-bond acceptors (Lipinski definition) is 4. The van der Waals surface area contributed by atoms with Crippen molar-refractivity contribution in [2.75, 3.05) is 12.3 Å². The number of anilines is 1. The molecular formula is C12H20N2O3S. The van der Waals surface area contributed by atoms with Crippen LogP contribution in [0.15, 0.2) is 23.1 Å². The number of nitrogens with two attached hydrogens (primary N) is 1. The molecule has 0 radical (unpaired) electrons. The fraction of sp³-hybridized carbons (Fsp3) is 0.500. The number of nitrogens with one attached hydrogen (secondary N) is 1. The van der Waals surface area contributed by atoms with E-state index in [2.05, 4.69) is 4.72 Å². The molecule has 6 heteroatoms. The number of aliphatic hydroxyl groups excluding tert-OH is 1.